The summed E-state index contributed by atoms with van der Waals surface area (Å²) < 4.78 is 0. The van der Waals surface area contributed by atoms with Crippen LogP contribution in [-0.2, 0) is 9.59 Å². The molecule has 2 saturated heterocycles. The molecule has 0 bridgehead atoms. The fraction of sp³-hybridized carbons (Fsp3) is 0.833. The Balaban J connectivity index is 1.99. The van der Waals surface area contributed by atoms with Crippen LogP contribution in [-0.4, -0.2) is 48.9 Å². The maximum absolute atomic E-state index is 12.3. The lowest BCUT2D eigenvalue weighted by Gasteiger charge is -2.33. The summed E-state index contributed by atoms with van der Waals surface area (Å²) in [4.78, 5) is 25.5. The van der Waals surface area contributed by atoms with Gasteiger partial charge in [0.2, 0.25) is 11.8 Å². The van der Waals surface area contributed by atoms with Crippen molar-refractivity contribution in [1.29, 1.82) is 0 Å². The molecule has 0 aromatic heterocycles. The number of carbonyl (C=O) groups is 2. The summed E-state index contributed by atoms with van der Waals surface area (Å²) in [5.41, 5.74) is 0. The Kier molecular flexibility index (Phi) is 3.99. The average molecular weight is 239 g/mol. The molecule has 0 aromatic carbocycles. The van der Waals surface area contributed by atoms with Crippen LogP contribution in [0.25, 0.3) is 0 Å². The first-order valence-corrected chi connectivity index (χ1v) is 6.47. The largest absolute Gasteiger partial charge is 0.354 e. The highest BCUT2D eigenvalue weighted by Gasteiger charge is 2.32. The first-order valence-electron chi connectivity index (χ1n) is 6.47. The van der Waals surface area contributed by atoms with Gasteiger partial charge in [0.15, 0.2) is 0 Å². The Morgan fingerprint density at radius 3 is 2.94 bits per heavy atom. The second-order valence-corrected chi connectivity index (χ2v) is 5.01. The van der Waals surface area contributed by atoms with Crippen LogP contribution in [0.5, 0.6) is 0 Å². The highest BCUT2D eigenvalue weighted by molar-refractivity contribution is 5.88. The lowest BCUT2D eigenvalue weighted by atomic mass is 9.92. The van der Waals surface area contributed by atoms with Gasteiger partial charge in [0.25, 0.3) is 0 Å². The van der Waals surface area contributed by atoms with Gasteiger partial charge in [0.05, 0.1) is 12.6 Å². The topological polar surface area (TPSA) is 61.4 Å². The molecular weight excluding hydrogens is 218 g/mol. The van der Waals surface area contributed by atoms with Crippen LogP contribution >= 0.6 is 0 Å². The van der Waals surface area contributed by atoms with Gasteiger partial charge in [-0.2, -0.15) is 0 Å². The molecule has 0 radical (unpaired) electrons. The molecule has 2 N–H and O–H groups in total. The summed E-state index contributed by atoms with van der Waals surface area (Å²) >= 11 is 0. The summed E-state index contributed by atoms with van der Waals surface area (Å²) in [6, 6.07) is -0.102. The van der Waals surface area contributed by atoms with Crippen molar-refractivity contribution < 1.29 is 9.59 Å². The summed E-state index contributed by atoms with van der Waals surface area (Å²) in [6.45, 7) is 4.58. The number of piperidine rings is 1. The smallest absolute Gasteiger partial charge is 0.240 e. The number of carbonyl (C=O) groups excluding carboxylic acids is 2. The molecule has 2 aliphatic rings. The summed E-state index contributed by atoms with van der Waals surface area (Å²) in [5, 5.41) is 6.07. The number of hydrogen-bond acceptors (Lipinski definition) is 3. The maximum Gasteiger partial charge on any atom is 0.240 e. The predicted molar refractivity (Wildman–Crippen MR) is 64.4 cm³/mol. The Labute approximate surface area is 102 Å². The Hall–Kier alpha value is -1.10. The number of nitrogens with one attached hydrogen (secondary N) is 2. The van der Waals surface area contributed by atoms with Gasteiger partial charge < -0.3 is 15.5 Å². The molecule has 2 amide bonds. The van der Waals surface area contributed by atoms with E-state index in [4.69, 9.17) is 0 Å². The fourth-order valence-electron chi connectivity index (χ4n) is 2.57. The highest BCUT2D eigenvalue weighted by atomic mass is 16.2. The molecule has 5 nitrogen and oxygen atoms in total. The van der Waals surface area contributed by atoms with E-state index in [1.807, 2.05) is 0 Å². The van der Waals surface area contributed by atoms with Gasteiger partial charge >= 0.3 is 0 Å². The zero-order valence-electron chi connectivity index (χ0n) is 10.4. The fourth-order valence-corrected chi connectivity index (χ4v) is 2.57. The minimum atomic E-state index is -0.102. The molecule has 2 atom stereocenters. The molecule has 0 aliphatic carbocycles. The lowest BCUT2D eigenvalue weighted by molar-refractivity contribution is -0.138. The van der Waals surface area contributed by atoms with E-state index in [0.29, 0.717) is 19.0 Å². The number of hydrogen-bond donors (Lipinski definition) is 2. The summed E-state index contributed by atoms with van der Waals surface area (Å²) in [7, 11) is 0. The van der Waals surface area contributed by atoms with Crippen LogP contribution in [0.1, 0.15) is 26.2 Å². The molecule has 2 rings (SSSR count). The number of nitrogens with zero attached hydrogens (tertiary/aromatic N) is 1. The second kappa shape index (κ2) is 5.49. The van der Waals surface area contributed by atoms with Crippen LogP contribution in [0.2, 0.25) is 0 Å². The van der Waals surface area contributed by atoms with Crippen molar-refractivity contribution in [1.82, 2.24) is 15.5 Å². The SMILES string of the molecule is CC1CCCNC1C(=O)N1CCCNC(=O)C1. The number of amides is 2. The first-order chi connectivity index (χ1) is 8.18. The molecule has 2 unspecified atom stereocenters. The second-order valence-electron chi connectivity index (χ2n) is 5.01. The number of rotatable bonds is 1. The van der Waals surface area contributed by atoms with Gasteiger partial charge in [-0.25, -0.2) is 0 Å². The Morgan fingerprint density at radius 1 is 1.35 bits per heavy atom. The molecular formula is C12H21N3O2. The monoisotopic (exact) mass is 239 g/mol. The van der Waals surface area contributed by atoms with Crippen molar-refractivity contribution in [2.75, 3.05) is 26.2 Å². The predicted octanol–water partition coefficient (Wildman–Crippen LogP) is -0.277. The van der Waals surface area contributed by atoms with Crippen LogP contribution in [0.4, 0.5) is 0 Å². The van der Waals surface area contributed by atoms with Gasteiger partial charge in [-0.15, -0.1) is 0 Å². The standard InChI is InChI=1S/C12H21N3O2/c1-9-4-2-5-14-11(9)12(17)15-7-3-6-13-10(16)8-15/h9,11,14H,2-8H2,1H3,(H,13,16). The van der Waals surface area contributed by atoms with Crippen molar-refractivity contribution in [2.45, 2.75) is 32.2 Å². The van der Waals surface area contributed by atoms with E-state index in [1.165, 1.54) is 0 Å². The zero-order chi connectivity index (χ0) is 12.3. The van der Waals surface area contributed by atoms with Crippen LogP contribution in [0.15, 0.2) is 0 Å². The third-order valence-electron chi connectivity index (χ3n) is 3.61. The molecule has 5 heteroatoms. The molecule has 17 heavy (non-hydrogen) atoms. The normalized spacial score (nSPS) is 30.6. The zero-order valence-corrected chi connectivity index (χ0v) is 10.4. The van der Waals surface area contributed by atoms with E-state index in [2.05, 4.69) is 17.6 Å². The minimum Gasteiger partial charge on any atom is -0.354 e. The van der Waals surface area contributed by atoms with Gasteiger partial charge in [-0.05, 0) is 31.7 Å². The van der Waals surface area contributed by atoms with E-state index in [-0.39, 0.29) is 24.4 Å². The summed E-state index contributed by atoms with van der Waals surface area (Å²) in [5.74, 6) is 0.413. The Morgan fingerprint density at radius 2 is 2.18 bits per heavy atom. The molecule has 0 saturated carbocycles. The van der Waals surface area contributed by atoms with Gasteiger partial charge in [-0.1, -0.05) is 6.92 Å². The third-order valence-corrected chi connectivity index (χ3v) is 3.61. The Bertz CT molecular complexity index is 306. The summed E-state index contributed by atoms with van der Waals surface area (Å²) in [6.07, 6.45) is 3.06. The van der Waals surface area contributed by atoms with Crippen LogP contribution < -0.4 is 10.6 Å². The van der Waals surface area contributed by atoms with E-state index < -0.39 is 0 Å². The van der Waals surface area contributed by atoms with E-state index >= 15 is 0 Å². The minimum absolute atomic E-state index is 0.0423. The first kappa shape index (κ1) is 12.4. The van der Waals surface area contributed by atoms with Gasteiger partial charge in [-0.3, -0.25) is 9.59 Å². The molecule has 2 heterocycles. The van der Waals surface area contributed by atoms with Crippen molar-refractivity contribution >= 4 is 11.8 Å². The van der Waals surface area contributed by atoms with Crippen LogP contribution in [0, 0.1) is 5.92 Å². The van der Waals surface area contributed by atoms with Crippen LogP contribution in [0.3, 0.4) is 0 Å². The van der Waals surface area contributed by atoms with E-state index in [9.17, 15) is 9.59 Å². The van der Waals surface area contributed by atoms with Crippen molar-refractivity contribution in [3.8, 4) is 0 Å². The van der Waals surface area contributed by atoms with Crippen molar-refractivity contribution in [3.63, 3.8) is 0 Å². The molecule has 96 valence electrons. The molecule has 2 fully saturated rings. The van der Waals surface area contributed by atoms with Gasteiger partial charge in [0.1, 0.15) is 0 Å². The third kappa shape index (κ3) is 2.97. The molecule has 2 aliphatic heterocycles. The lowest BCUT2D eigenvalue weighted by Crippen LogP contribution is -2.53. The quantitative estimate of drug-likeness (QED) is 0.662. The van der Waals surface area contributed by atoms with E-state index in [1.54, 1.807) is 4.90 Å². The maximum atomic E-state index is 12.3. The van der Waals surface area contributed by atoms with E-state index in [0.717, 1.165) is 25.8 Å². The van der Waals surface area contributed by atoms with Gasteiger partial charge in [0, 0.05) is 13.1 Å². The molecule has 0 spiro atoms. The van der Waals surface area contributed by atoms with Crippen molar-refractivity contribution in [2.24, 2.45) is 5.92 Å². The average Bonchev–Trinajstić information content (AvgIpc) is 2.54. The highest BCUT2D eigenvalue weighted by Crippen LogP contribution is 2.17. The molecule has 0 aromatic rings. The van der Waals surface area contributed by atoms with Crippen molar-refractivity contribution in [3.05, 3.63) is 0 Å².